The van der Waals surface area contributed by atoms with E-state index in [4.69, 9.17) is 0 Å². The molecule has 0 bridgehead atoms. The summed E-state index contributed by atoms with van der Waals surface area (Å²) in [6, 6.07) is 17.7. The topological polar surface area (TPSA) is 0 Å². The summed E-state index contributed by atoms with van der Waals surface area (Å²) in [6.07, 6.45) is 0. The molecule has 2 aromatic rings. The van der Waals surface area contributed by atoms with Gasteiger partial charge in [-0.1, -0.05) is 36.4 Å². The van der Waals surface area contributed by atoms with Crippen molar-refractivity contribution in [2.75, 3.05) is 0 Å². The summed E-state index contributed by atoms with van der Waals surface area (Å²) in [7, 11) is 0. The monoisotopic (exact) mass is 334 g/mol. The third-order valence-corrected chi connectivity index (χ3v) is 10.0. The molecule has 0 N–H and O–H groups in total. The second-order valence-electron chi connectivity index (χ2n) is 4.81. The Balaban J connectivity index is 1.53. The van der Waals surface area contributed by atoms with E-state index < -0.39 is 0 Å². The standard InChI is InChI=1S/C16H14S4/c1-3-7-13-11(5-1)9-17-15(19-13)16-18-10-12-6-2-4-8-14(12)20-16/h1-8,15-16H,9-10H2. The highest BCUT2D eigenvalue weighted by molar-refractivity contribution is 8.23. The van der Waals surface area contributed by atoms with Crippen molar-refractivity contribution in [3.8, 4) is 0 Å². The van der Waals surface area contributed by atoms with Crippen molar-refractivity contribution in [1.82, 2.24) is 0 Å². The van der Waals surface area contributed by atoms with Crippen LogP contribution in [0.25, 0.3) is 0 Å². The Hall–Kier alpha value is -0.160. The average Bonchev–Trinajstić information content (AvgIpc) is 2.54. The van der Waals surface area contributed by atoms with E-state index in [0.29, 0.717) is 9.16 Å². The first-order chi connectivity index (χ1) is 9.90. The predicted octanol–water partition coefficient (Wildman–Crippen LogP) is 5.72. The summed E-state index contributed by atoms with van der Waals surface area (Å²) in [6.45, 7) is 0. The van der Waals surface area contributed by atoms with Gasteiger partial charge in [-0.15, -0.1) is 47.0 Å². The van der Waals surface area contributed by atoms with Gasteiger partial charge >= 0.3 is 0 Å². The maximum Gasteiger partial charge on any atom is 0.0766 e. The van der Waals surface area contributed by atoms with Gasteiger partial charge in [-0.3, -0.25) is 0 Å². The zero-order valence-electron chi connectivity index (χ0n) is 10.8. The molecule has 0 saturated carbocycles. The molecule has 2 heterocycles. The van der Waals surface area contributed by atoms with E-state index in [9.17, 15) is 0 Å². The van der Waals surface area contributed by atoms with Crippen molar-refractivity contribution in [1.29, 1.82) is 0 Å². The molecule has 2 unspecified atom stereocenters. The minimum atomic E-state index is 0.660. The lowest BCUT2D eigenvalue weighted by molar-refractivity contribution is 1.18. The van der Waals surface area contributed by atoms with Crippen molar-refractivity contribution in [3.05, 3.63) is 59.7 Å². The first-order valence-corrected chi connectivity index (χ1v) is 10.5. The Bertz CT molecular complexity index is 570. The van der Waals surface area contributed by atoms with E-state index in [-0.39, 0.29) is 0 Å². The summed E-state index contributed by atoms with van der Waals surface area (Å²) in [5, 5.41) is 0. The van der Waals surface area contributed by atoms with Crippen LogP contribution in [0.2, 0.25) is 0 Å². The Morgan fingerprint density at radius 3 is 1.60 bits per heavy atom. The van der Waals surface area contributed by atoms with Crippen molar-refractivity contribution in [3.63, 3.8) is 0 Å². The minimum Gasteiger partial charge on any atom is -0.140 e. The molecule has 102 valence electrons. The van der Waals surface area contributed by atoms with Crippen LogP contribution in [0.4, 0.5) is 0 Å². The first-order valence-electron chi connectivity index (χ1n) is 6.62. The van der Waals surface area contributed by atoms with Crippen molar-refractivity contribution in [2.24, 2.45) is 0 Å². The lowest BCUT2D eigenvalue weighted by Crippen LogP contribution is -2.19. The fraction of sp³-hybridized carbons (Fsp3) is 0.250. The zero-order chi connectivity index (χ0) is 13.4. The number of thioether (sulfide) groups is 4. The molecular weight excluding hydrogens is 320 g/mol. The van der Waals surface area contributed by atoms with Gasteiger partial charge in [0, 0.05) is 21.3 Å². The second kappa shape index (κ2) is 5.91. The first kappa shape index (κ1) is 13.5. The van der Waals surface area contributed by atoms with Gasteiger partial charge in [-0.05, 0) is 23.3 Å². The molecule has 2 aromatic carbocycles. The van der Waals surface area contributed by atoms with Crippen molar-refractivity contribution >= 4 is 47.0 Å². The minimum absolute atomic E-state index is 0.660. The molecule has 20 heavy (non-hydrogen) atoms. The summed E-state index contributed by atoms with van der Waals surface area (Å²) in [5.74, 6) is 2.32. The number of hydrogen-bond acceptors (Lipinski definition) is 4. The maximum atomic E-state index is 2.28. The maximum absolute atomic E-state index is 2.28. The van der Waals surface area contributed by atoms with Crippen LogP contribution in [0.5, 0.6) is 0 Å². The van der Waals surface area contributed by atoms with E-state index in [1.165, 1.54) is 20.9 Å². The van der Waals surface area contributed by atoms with Gasteiger partial charge in [-0.25, -0.2) is 0 Å². The zero-order valence-corrected chi connectivity index (χ0v) is 14.1. The van der Waals surface area contributed by atoms with E-state index >= 15 is 0 Å². The highest BCUT2D eigenvalue weighted by Crippen LogP contribution is 2.52. The molecule has 2 aliphatic heterocycles. The smallest absolute Gasteiger partial charge is 0.0766 e. The van der Waals surface area contributed by atoms with Gasteiger partial charge < -0.3 is 0 Å². The van der Waals surface area contributed by atoms with E-state index in [2.05, 4.69) is 95.6 Å². The molecule has 4 rings (SSSR count). The molecule has 0 spiro atoms. The van der Waals surface area contributed by atoms with Gasteiger partial charge in [0.1, 0.15) is 0 Å². The van der Waals surface area contributed by atoms with E-state index in [0.717, 1.165) is 11.5 Å². The van der Waals surface area contributed by atoms with Crippen LogP contribution in [-0.2, 0) is 11.5 Å². The molecule has 0 amide bonds. The van der Waals surface area contributed by atoms with Crippen molar-refractivity contribution < 1.29 is 0 Å². The van der Waals surface area contributed by atoms with E-state index in [1.54, 1.807) is 0 Å². The third kappa shape index (κ3) is 2.63. The van der Waals surface area contributed by atoms with Gasteiger partial charge in [0.05, 0.1) is 9.16 Å². The second-order valence-corrected chi connectivity index (χ2v) is 10.0. The normalized spacial score (nSPS) is 24.8. The fourth-order valence-corrected chi connectivity index (χ4v) is 8.90. The Morgan fingerprint density at radius 2 is 1.10 bits per heavy atom. The summed E-state index contributed by atoms with van der Waals surface area (Å²) >= 11 is 8.34. The van der Waals surface area contributed by atoms with E-state index in [1.807, 2.05) is 0 Å². The fourth-order valence-electron chi connectivity index (χ4n) is 2.41. The lowest BCUT2D eigenvalue weighted by atomic mass is 10.2. The third-order valence-electron chi connectivity index (χ3n) is 3.46. The van der Waals surface area contributed by atoms with Crippen molar-refractivity contribution in [2.45, 2.75) is 30.5 Å². The van der Waals surface area contributed by atoms with Crippen LogP contribution in [0, 0.1) is 0 Å². The molecule has 0 saturated heterocycles. The number of fused-ring (bicyclic) bond motifs is 2. The molecule has 0 fully saturated rings. The molecule has 0 aliphatic carbocycles. The van der Waals surface area contributed by atoms with Crippen LogP contribution in [0.3, 0.4) is 0 Å². The molecule has 2 atom stereocenters. The van der Waals surface area contributed by atoms with Crippen LogP contribution in [-0.4, -0.2) is 9.16 Å². The largest absolute Gasteiger partial charge is 0.140 e. The Labute approximate surface area is 136 Å². The van der Waals surface area contributed by atoms with Crippen LogP contribution < -0.4 is 0 Å². The highest BCUT2D eigenvalue weighted by atomic mass is 32.2. The predicted molar refractivity (Wildman–Crippen MR) is 94.8 cm³/mol. The average molecular weight is 335 g/mol. The molecule has 0 aromatic heterocycles. The quantitative estimate of drug-likeness (QED) is 0.654. The number of benzene rings is 2. The molecular formula is C16H14S4. The summed E-state index contributed by atoms with van der Waals surface area (Å²) in [4.78, 5) is 2.97. The Kier molecular flexibility index (Phi) is 3.99. The summed E-state index contributed by atoms with van der Waals surface area (Å²) < 4.78 is 1.32. The van der Waals surface area contributed by atoms with Crippen LogP contribution in [0.15, 0.2) is 58.3 Å². The van der Waals surface area contributed by atoms with Crippen LogP contribution >= 0.6 is 47.0 Å². The summed E-state index contributed by atoms with van der Waals surface area (Å²) in [5.41, 5.74) is 3.01. The molecule has 4 heteroatoms. The molecule has 0 radical (unpaired) electrons. The van der Waals surface area contributed by atoms with Gasteiger partial charge in [-0.2, -0.15) is 0 Å². The van der Waals surface area contributed by atoms with Crippen LogP contribution in [0.1, 0.15) is 11.1 Å². The van der Waals surface area contributed by atoms with Gasteiger partial charge in [0.25, 0.3) is 0 Å². The van der Waals surface area contributed by atoms with Gasteiger partial charge in [0.2, 0.25) is 0 Å². The lowest BCUT2D eigenvalue weighted by Gasteiger charge is -2.32. The number of hydrogen-bond donors (Lipinski definition) is 0. The molecule has 2 aliphatic rings. The number of rotatable bonds is 1. The van der Waals surface area contributed by atoms with Gasteiger partial charge in [0.15, 0.2) is 0 Å². The SMILES string of the molecule is c1ccc2c(c1)CSC(C1SCc3ccccc3S1)S2. The molecule has 0 nitrogen and oxygen atoms in total. The highest BCUT2D eigenvalue weighted by Gasteiger charge is 2.31. The Morgan fingerprint density at radius 1 is 0.650 bits per heavy atom.